The molecular formula is C9H20O2. The van der Waals surface area contributed by atoms with Crippen LogP contribution in [-0.2, 0) is 9.53 Å². The summed E-state index contributed by atoms with van der Waals surface area (Å²) in [5.74, 6) is 0.289. The Hall–Kier alpha value is -0.370. The molecule has 0 heterocycles. The standard InChI is InChI=1S/C8H16O2.CH4/c1-8(9)6-4-3-5-7-10-2;/h3-7H2,1-2H3;1H4. The van der Waals surface area contributed by atoms with Crippen LogP contribution in [0.4, 0.5) is 0 Å². The summed E-state index contributed by atoms with van der Waals surface area (Å²) in [6.45, 7) is 2.45. The molecule has 0 aliphatic carbocycles. The van der Waals surface area contributed by atoms with Crippen molar-refractivity contribution in [3.63, 3.8) is 0 Å². The zero-order valence-corrected chi connectivity index (χ0v) is 6.85. The van der Waals surface area contributed by atoms with E-state index >= 15 is 0 Å². The molecule has 0 spiro atoms. The monoisotopic (exact) mass is 160 g/mol. The maximum absolute atomic E-state index is 10.4. The molecule has 0 fully saturated rings. The quantitative estimate of drug-likeness (QED) is 0.558. The van der Waals surface area contributed by atoms with Crippen molar-refractivity contribution < 1.29 is 9.53 Å². The van der Waals surface area contributed by atoms with Crippen molar-refractivity contribution in [2.24, 2.45) is 0 Å². The summed E-state index contributed by atoms with van der Waals surface area (Å²) in [7, 11) is 1.70. The highest BCUT2D eigenvalue weighted by Gasteiger charge is 1.92. The van der Waals surface area contributed by atoms with Crippen molar-refractivity contribution in [3.05, 3.63) is 0 Å². The summed E-state index contributed by atoms with van der Waals surface area (Å²) in [6, 6.07) is 0. The summed E-state index contributed by atoms with van der Waals surface area (Å²) in [5.41, 5.74) is 0. The van der Waals surface area contributed by atoms with Crippen molar-refractivity contribution in [1.29, 1.82) is 0 Å². The van der Waals surface area contributed by atoms with Gasteiger partial charge >= 0.3 is 0 Å². The van der Waals surface area contributed by atoms with Gasteiger partial charge in [-0.25, -0.2) is 0 Å². The second-order valence-electron chi connectivity index (χ2n) is 2.51. The largest absolute Gasteiger partial charge is 0.385 e. The number of ether oxygens (including phenoxy) is 1. The van der Waals surface area contributed by atoms with Gasteiger partial charge in [0.2, 0.25) is 0 Å². The molecule has 11 heavy (non-hydrogen) atoms. The molecule has 0 atom stereocenters. The number of carbonyl (C=O) groups is 1. The highest BCUT2D eigenvalue weighted by atomic mass is 16.5. The lowest BCUT2D eigenvalue weighted by atomic mass is 10.1. The van der Waals surface area contributed by atoms with Crippen molar-refractivity contribution >= 4 is 5.78 Å². The molecule has 0 unspecified atom stereocenters. The van der Waals surface area contributed by atoms with E-state index < -0.39 is 0 Å². The number of carbonyl (C=O) groups excluding carboxylic acids is 1. The van der Waals surface area contributed by atoms with Crippen LogP contribution in [0.3, 0.4) is 0 Å². The number of unbranched alkanes of at least 4 members (excludes halogenated alkanes) is 2. The van der Waals surface area contributed by atoms with E-state index in [1.54, 1.807) is 14.0 Å². The lowest BCUT2D eigenvalue weighted by molar-refractivity contribution is -0.117. The van der Waals surface area contributed by atoms with E-state index in [-0.39, 0.29) is 13.2 Å². The first-order valence-electron chi connectivity index (χ1n) is 3.75. The minimum absolute atomic E-state index is 0. The molecule has 2 heteroatoms. The maximum Gasteiger partial charge on any atom is 0.129 e. The first-order valence-corrected chi connectivity index (χ1v) is 3.75. The Kier molecular flexibility index (Phi) is 11.6. The molecule has 0 radical (unpaired) electrons. The highest BCUT2D eigenvalue weighted by molar-refractivity contribution is 5.75. The normalized spacial score (nSPS) is 8.91. The molecule has 0 saturated carbocycles. The van der Waals surface area contributed by atoms with Gasteiger partial charge in [0.25, 0.3) is 0 Å². The molecule has 0 aliphatic rings. The minimum atomic E-state index is 0. The Labute approximate surface area is 69.9 Å². The van der Waals surface area contributed by atoms with Gasteiger partial charge < -0.3 is 9.53 Å². The third-order valence-corrected chi connectivity index (χ3v) is 1.38. The van der Waals surface area contributed by atoms with Gasteiger partial charge in [0.05, 0.1) is 0 Å². The zero-order valence-electron chi connectivity index (χ0n) is 6.85. The van der Waals surface area contributed by atoms with Crippen LogP contribution in [0.25, 0.3) is 0 Å². The lowest BCUT2D eigenvalue weighted by Gasteiger charge is -1.96. The van der Waals surface area contributed by atoms with Gasteiger partial charge in [0, 0.05) is 20.1 Å². The molecule has 0 rings (SSSR count). The van der Waals surface area contributed by atoms with Crippen molar-refractivity contribution in [2.45, 2.75) is 40.0 Å². The van der Waals surface area contributed by atoms with Crippen molar-refractivity contribution in [1.82, 2.24) is 0 Å². The lowest BCUT2D eigenvalue weighted by Crippen LogP contribution is -1.92. The number of Topliss-reactive ketones (excluding diaryl/α,β-unsaturated/α-hetero) is 1. The van der Waals surface area contributed by atoms with E-state index in [4.69, 9.17) is 4.74 Å². The fourth-order valence-corrected chi connectivity index (χ4v) is 0.797. The van der Waals surface area contributed by atoms with Gasteiger partial charge in [-0.3, -0.25) is 0 Å². The number of hydrogen-bond donors (Lipinski definition) is 0. The van der Waals surface area contributed by atoms with E-state index in [0.717, 1.165) is 32.3 Å². The second kappa shape index (κ2) is 9.63. The van der Waals surface area contributed by atoms with Crippen molar-refractivity contribution in [3.8, 4) is 0 Å². The van der Waals surface area contributed by atoms with Crippen LogP contribution in [-0.4, -0.2) is 19.5 Å². The average molecular weight is 160 g/mol. The summed E-state index contributed by atoms with van der Waals surface area (Å²) in [4.78, 5) is 10.4. The zero-order chi connectivity index (χ0) is 7.82. The van der Waals surface area contributed by atoms with Gasteiger partial charge in [-0.2, -0.15) is 0 Å². The van der Waals surface area contributed by atoms with E-state index in [1.807, 2.05) is 0 Å². The molecule has 68 valence electrons. The summed E-state index contributed by atoms with van der Waals surface area (Å²) < 4.78 is 4.86. The SMILES string of the molecule is C.COCCCCCC(C)=O. The molecule has 2 nitrogen and oxygen atoms in total. The topological polar surface area (TPSA) is 26.3 Å². The van der Waals surface area contributed by atoms with Gasteiger partial charge in [0.15, 0.2) is 0 Å². The first-order chi connectivity index (χ1) is 4.77. The van der Waals surface area contributed by atoms with Crippen LogP contribution < -0.4 is 0 Å². The van der Waals surface area contributed by atoms with Gasteiger partial charge in [-0.15, -0.1) is 0 Å². The Balaban J connectivity index is 0. The molecule has 0 aliphatic heterocycles. The Morgan fingerprint density at radius 2 is 1.91 bits per heavy atom. The van der Waals surface area contributed by atoms with E-state index in [9.17, 15) is 4.79 Å². The van der Waals surface area contributed by atoms with Crippen LogP contribution in [0, 0.1) is 0 Å². The van der Waals surface area contributed by atoms with Crippen LogP contribution in [0.1, 0.15) is 40.0 Å². The van der Waals surface area contributed by atoms with Crippen LogP contribution in [0.2, 0.25) is 0 Å². The predicted molar refractivity (Wildman–Crippen MR) is 47.8 cm³/mol. The molecule has 0 saturated heterocycles. The number of methoxy groups -OCH3 is 1. The third kappa shape index (κ3) is 12.8. The van der Waals surface area contributed by atoms with Gasteiger partial charge in [0.1, 0.15) is 5.78 Å². The minimum Gasteiger partial charge on any atom is -0.385 e. The number of rotatable bonds is 6. The smallest absolute Gasteiger partial charge is 0.129 e. The Morgan fingerprint density at radius 3 is 2.36 bits per heavy atom. The Morgan fingerprint density at radius 1 is 1.27 bits per heavy atom. The first kappa shape index (κ1) is 13.2. The molecule has 0 aromatic heterocycles. The predicted octanol–water partition coefficient (Wildman–Crippen LogP) is 2.42. The van der Waals surface area contributed by atoms with Gasteiger partial charge in [-0.1, -0.05) is 13.8 Å². The Bertz CT molecular complexity index is 89.6. The fraction of sp³-hybridized carbons (Fsp3) is 0.889. The third-order valence-electron chi connectivity index (χ3n) is 1.38. The van der Waals surface area contributed by atoms with E-state index in [0.29, 0.717) is 0 Å². The van der Waals surface area contributed by atoms with Crippen LogP contribution >= 0.6 is 0 Å². The second-order valence-corrected chi connectivity index (χ2v) is 2.51. The summed E-state index contributed by atoms with van der Waals surface area (Å²) in [5, 5.41) is 0. The molecule has 0 amide bonds. The van der Waals surface area contributed by atoms with E-state index in [1.165, 1.54) is 0 Å². The average Bonchev–Trinajstić information content (AvgIpc) is 1.87. The molecule has 0 N–H and O–H groups in total. The molecular weight excluding hydrogens is 140 g/mol. The van der Waals surface area contributed by atoms with Crippen LogP contribution in [0.5, 0.6) is 0 Å². The van der Waals surface area contributed by atoms with Crippen molar-refractivity contribution in [2.75, 3.05) is 13.7 Å². The molecule has 0 aromatic carbocycles. The van der Waals surface area contributed by atoms with E-state index in [2.05, 4.69) is 0 Å². The molecule has 0 bridgehead atoms. The fourth-order valence-electron chi connectivity index (χ4n) is 0.797. The van der Waals surface area contributed by atoms with Crippen LogP contribution in [0.15, 0.2) is 0 Å². The number of hydrogen-bond acceptors (Lipinski definition) is 2. The summed E-state index contributed by atoms with van der Waals surface area (Å²) in [6.07, 6.45) is 3.92. The maximum atomic E-state index is 10.4. The highest BCUT2D eigenvalue weighted by Crippen LogP contribution is 1.99. The molecule has 0 aromatic rings. The summed E-state index contributed by atoms with van der Waals surface area (Å²) >= 11 is 0. The van der Waals surface area contributed by atoms with Gasteiger partial charge in [-0.05, 0) is 19.8 Å². The number of ketones is 1.